The zero-order valence-corrected chi connectivity index (χ0v) is 15.5. The summed E-state index contributed by atoms with van der Waals surface area (Å²) < 4.78 is 0. The highest BCUT2D eigenvalue weighted by molar-refractivity contribution is 5.88. The lowest BCUT2D eigenvalue weighted by molar-refractivity contribution is -0.0538. The van der Waals surface area contributed by atoms with Gasteiger partial charge in [0.1, 0.15) is 5.75 Å². The second-order valence-electron chi connectivity index (χ2n) is 8.11. The second kappa shape index (κ2) is 7.34. The van der Waals surface area contributed by atoms with Crippen LogP contribution < -0.4 is 0 Å². The summed E-state index contributed by atoms with van der Waals surface area (Å²) >= 11 is 0. The van der Waals surface area contributed by atoms with Gasteiger partial charge in [0.25, 0.3) is 0 Å². The third-order valence-electron chi connectivity index (χ3n) is 5.64. The Hall–Kier alpha value is -1.59. The van der Waals surface area contributed by atoms with Gasteiger partial charge in [0, 0.05) is 5.56 Å². The van der Waals surface area contributed by atoms with Gasteiger partial charge in [0.2, 0.25) is 0 Å². The number of carboxylic acid groups (broad SMARTS) is 1. The molecule has 1 aromatic rings. The molecule has 0 fully saturated rings. The first-order chi connectivity index (χ1) is 11.5. The van der Waals surface area contributed by atoms with Crippen LogP contribution in [-0.2, 0) is 0 Å². The zero-order valence-electron chi connectivity index (χ0n) is 15.5. The van der Waals surface area contributed by atoms with Crippen molar-refractivity contribution in [2.24, 2.45) is 5.92 Å². The monoisotopic (exact) mass is 350 g/mol. The summed E-state index contributed by atoms with van der Waals surface area (Å²) in [5, 5.41) is 39.6. The van der Waals surface area contributed by atoms with Gasteiger partial charge in [-0.25, -0.2) is 4.79 Å². The predicted molar refractivity (Wildman–Crippen MR) is 96.2 cm³/mol. The minimum atomic E-state index is -1.13. The lowest BCUT2D eigenvalue weighted by atomic mass is 9.70. The summed E-state index contributed by atoms with van der Waals surface area (Å²) in [5.74, 6) is -0.420. The SMILES string of the molecule is CC1CCC(C(C)CCC(O)C(C)(C)O)c2cc(C(=O)O)cc(O)c21. The molecule has 0 aliphatic heterocycles. The first kappa shape index (κ1) is 19.7. The first-order valence-electron chi connectivity index (χ1n) is 9.02. The van der Waals surface area contributed by atoms with Crippen molar-refractivity contribution in [2.45, 2.75) is 76.9 Å². The lowest BCUT2D eigenvalue weighted by Gasteiger charge is -2.35. The van der Waals surface area contributed by atoms with Crippen LogP contribution >= 0.6 is 0 Å². The highest BCUT2D eigenvalue weighted by Crippen LogP contribution is 2.47. The number of aromatic carboxylic acids is 1. The molecule has 25 heavy (non-hydrogen) atoms. The summed E-state index contributed by atoms with van der Waals surface area (Å²) in [5.41, 5.74) is 0.754. The topological polar surface area (TPSA) is 98.0 Å². The molecule has 1 aromatic carbocycles. The first-order valence-corrected chi connectivity index (χ1v) is 9.02. The fraction of sp³-hybridized carbons (Fsp3) is 0.650. The summed E-state index contributed by atoms with van der Waals surface area (Å²) in [6, 6.07) is 3.03. The number of rotatable bonds is 6. The number of fused-ring (bicyclic) bond motifs is 1. The third-order valence-corrected chi connectivity index (χ3v) is 5.64. The number of aliphatic hydroxyl groups excluding tert-OH is 1. The van der Waals surface area contributed by atoms with Gasteiger partial charge >= 0.3 is 5.97 Å². The van der Waals surface area contributed by atoms with E-state index in [4.69, 9.17) is 0 Å². The van der Waals surface area contributed by atoms with Gasteiger partial charge in [0.05, 0.1) is 17.3 Å². The Kier molecular flexibility index (Phi) is 5.79. The Labute approximate surface area is 149 Å². The molecule has 0 radical (unpaired) electrons. The number of aromatic hydroxyl groups is 1. The molecular weight excluding hydrogens is 320 g/mol. The Morgan fingerprint density at radius 3 is 2.48 bits per heavy atom. The number of hydrogen-bond acceptors (Lipinski definition) is 4. The molecule has 0 saturated carbocycles. The number of aliphatic hydroxyl groups is 2. The maximum absolute atomic E-state index is 11.4. The number of carboxylic acids is 1. The van der Waals surface area contributed by atoms with E-state index in [1.165, 1.54) is 6.07 Å². The average molecular weight is 350 g/mol. The maximum atomic E-state index is 11.4. The van der Waals surface area contributed by atoms with Gasteiger partial charge in [-0.05, 0) is 75.0 Å². The van der Waals surface area contributed by atoms with E-state index in [1.807, 2.05) is 0 Å². The molecule has 0 saturated heterocycles. The molecule has 4 atom stereocenters. The van der Waals surface area contributed by atoms with Gasteiger partial charge in [-0.2, -0.15) is 0 Å². The Balaban J connectivity index is 2.26. The molecule has 1 aliphatic carbocycles. The molecule has 1 aliphatic rings. The normalized spacial score (nSPS) is 23.0. The summed E-state index contributed by atoms with van der Waals surface area (Å²) in [7, 11) is 0. The molecule has 5 nitrogen and oxygen atoms in total. The Morgan fingerprint density at radius 1 is 1.28 bits per heavy atom. The van der Waals surface area contributed by atoms with E-state index >= 15 is 0 Å². The van der Waals surface area contributed by atoms with E-state index in [1.54, 1.807) is 19.9 Å². The van der Waals surface area contributed by atoms with E-state index in [0.717, 1.165) is 30.4 Å². The standard InChI is InChI=1S/C20H30O5/c1-11(6-8-17(22)20(3,4)25)14-7-5-12(2)18-15(14)9-13(19(23)24)10-16(18)21/h9-12,14,17,21-22,25H,5-8H2,1-4H3,(H,23,24). The molecule has 0 heterocycles. The van der Waals surface area contributed by atoms with Crippen molar-refractivity contribution in [3.63, 3.8) is 0 Å². The van der Waals surface area contributed by atoms with Crippen LogP contribution in [0.2, 0.25) is 0 Å². The van der Waals surface area contributed by atoms with Gasteiger partial charge in [-0.1, -0.05) is 13.8 Å². The van der Waals surface area contributed by atoms with Crippen LogP contribution in [0.3, 0.4) is 0 Å². The molecule has 2 rings (SSSR count). The molecular formula is C20H30O5. The summed E-state index contributed by atoms with van der Waals surface area (Å²) in [6.07, 6.45) is 2.28. The van der Waals surface area contributed by atoms with Gasteiger partial charge < -0.3 is 20.4 Å². The number of phenols is 1. The van der Waals surface area contributed by atoms with Crippen molar-refractivity contribution < 1.29 is 25.2 Å². The average Bonchev–Trinajstić information content (AvgIpc) is 2.50. The molecule has 4 N–H and O–H groups in total. The van der Waals surface area contributed by atoms with Crippen LogP contribution in [0.25, 0.3) is 0 Å². The van der Waals surface area contributed by atoms with Crippen molar-refractivity contribution >= 4 is 5.97 Å². The molecule has 0 spiro atoms. The number of benzene rings is 1. The van der Waals surface area contributed by atoms with E-state index < -0.39 is 17.7 Å². The number of phenolic OH excluding ortho intramolecular Hbond substituents is 1. The molecule has 0 amide bonds. The molecule has 4 unspecified atom stereocenters. The van der Waals surface area contributed by atoms with Crippen molar-refractivity contribution in [1.29, 1.82) is 0 Å². The fourth-order valence-electron chi connectivity index (χ4n) is 3.92. The van der Waals surface area contributed by atoms with Crippen molar-refractivity contribution in [3.8, 4) is 5.75 Å². The molecule has 0 aromatic heterocycles. The number of hydrogen-bond donors (Lipinski definition) is 4. The highest BCUT2D eigenvalue weighted by atomic mass is 16.4. The Morgan fingerprint density at radius 2 is 1.92 bits per heavy atom. The smallest absolute Gasteiger partial charge is 0.335 e. The van der Waals surface area contributed by atoms with Crippen molar-refractivity contribution in [3.05, 3.63) is 28.8 Å². The lowest BCUT2D eigenvalue weighted by Crippen LogP contribution is -2.36. The van der Waals surface area contributed by atoms with Crippen LogP contribution in [-0.4, -0.2) is 38.1 Å². The third kappa shape index (κ3) is 4.33. The van der Waals surface area contributed by atoms with E-state index in [2.05, 4.69) is 13.8 Å². The van der Waals surface area contributed by atoms with E-state index in [0.29, 0.717) is 6.42 Å². The maximum Gasteiger partial charge on any atom is 0.335 e. The highest BCUT2D eigenvalue weighted by Gasteiger charge is 2.33. The second-order valence-corrected chi connectivity index (χ2v) is 8.11. The minimum absolute atomic E-state index is 0.0656. The van der Waals surface area contributed by atoms with E-state index in [-0.39, 0.29) is 29.1 Å². The van der Waals surface area contributed by atoms with Crippen molar-refractivity contribution in [1.82, 2.24) is 0 Å². The van der Waals surface area contributed by atoms with E-state index in [9.17, 15) is 25.2 Å². The van der Waals surface area contributed by atoms with Gasteiger partial charge in [0.15, 0.2) is 0 Å². The van der Waals surface area contributed by atoms with Crippen LogP contribution in [0.1, 0.15) is 86.7 Å². The predicted octanol–water partition coefficient (Wildman–Crippen LogP) is 3.62. The number of carbonyl (C=O) groups is 1. The van der Waals surface area contributed by atoms with Crippen LogP contribution in [0, 0.1) is 5.92 Å². The molecule has 5 heteroatoms. The largest absolute Gasteiger partial charge is 0.508 e. The van der Waals surface area contributed by atoms with Crippen LogP contribution in [0.4, 0.5) is 0 Å². The summed E-state index contributed by atoms with van der Waals surface area (Å²) in [4.78, 5) is 11.4. The molecule has 140 valence electrons. The Bertz CT molecular complexity index is 632. The summed E-state index contributed by atoms with van der Waals surface area (Å²) in [6.45, 7) is 7.33. The quantitative estimate of drug-likeness (QED) is 0.628. The van der Waals surface area contributed by atoms with Crippen LogP contribution in [0.5, 0.6) is 5.75 Å². The minimum Gasteiger partial charge on any atom is -0.508 e. The van der Waals surface area contributed by atoms with Crippen molar-refractivity contribution in [2.75, 3.05) is 0 Å². The molecule has 0 bridgehead atoms. The zero-order chi connectivity index (χ0) is 18.9. The van der Waals surface area contributed by atoms with Gasteiger partial charge in [-0.3, -0.25) is 0 Å². The fourth-order valence-corrected chi connectivity index (χ4v) is 3.92. The van der Waals surface area contributed by atoms with Gasteiger partial charge in [-0.15, -0.1) is 0 Å². The van der Waals surface area contributed by atoms with Crippen LogP contribution in [0.15, 0.2) is 12.1 Å².